The van der Waals surface area contributed by atoms with Crippen LogP contribution >= 0.6 is 0 Å². The third-order valence-electron chi connectivity index (χ3n) is 2.25. The van der Waals surface area contributed by atoms with Crippen molar-refractivity contribution in [2.24, 2.45) is 0 Å². The van der Waals surface area contributed by atoms with E-state index in [9.17, 15) is 8.78 Å². The Bertz CT molecular complexity index is 327. The number of hydrogen-bond acceptors (Lipinski definition) is 3. The number of para-hydroxylation sites is 1. The average molecular weight is 245 g/mol. The van der Waals surface area contributed by atoms with Gasteiger partial charge < -0.3 is 15.2 Å². The Hall–Kier alpha value is -1.20. The maximum absolute atomic E-state index is 13.2. The second-order valence-electron chi connectivity index (χ2n) is 3.70. The van der Waals surface area contributed by atoms with Crippen molar-refractivity contribution in [3.63, 3.8) is 0 Å². The second-order valence-corrected chi connectivity index (χ2v) is 3.70. The zero-order chi connectivity index (χ0) is 12.7. The van der Waals surface area contributed by atoms with Crippen LogP contribution in [0.2, 0.25) is 0 Å². The number of nitrogens with one attached hydrogen (secondary N) is 1. The maximum Gasteiger partial charge on any atom is 0.190 e. The smallest absolute Gasteiger partial charge is 0.190 e. The maximum atomic E-state index is 13.2. The first-order valence-corrected chi connectivity index (χ1v) is 5.60. The Labute approximate surface area is 99.4 Å². The van der Waals surface area contributed by atoms with Crippen molar-refractivity contribution in [3.8, 4) is 5.75 Å². The number of aliphatic hydroxyl groups excluding tert-OH is 1. The van der Waals surface area contributed by atoms with E-state index in [1.165, 1.54) is 6.07 Å². The Balaban J connectivity index is 2.53. The molecular weight excluding hydrogens is 228 g/mol. The molecule has 0 aliphatic rings. The molecule has 3 nitrogen and oxygen atoms in total. The van der Waals surface area contributed by atoms with Crippen molar-refractivity contribution in [1.82, 2.24) is 5.32 Å². The molecule has 1 unspecified atom stereocenters. The van der Waals surface area contributed by atoms with Crippen molar-refractivity contribution < 1.29 is 18.6 Å². The zero-order valence-electron chi connectivity index (χ0n) is 9.75. The Morgan fingerprint density at radius 1 is 1.35 bits per heavy atom. The van der Waals surface area contributed by atoms with Crippen LogP contribution in [0.25, 0.3) is 0 Å². The molecule has 0 aliphatic carbocycles. The summed E-state index contributed by atoms with van der Waals surface area (Å²) in [6.45, 7) is 2.58. The summed E-state index contributed by atoms with van der Waals surface area (Å²) in [5.74, 6) is -1.88. The zero-order valence-corrected chi connectivity index (χ0v) is 9.75. The van der Waals surface area contributed by atoms with Gasteiger partial charge in [-0.05, 0) is 25.1 Å². The molecule has 0 saturated carbocycles. The molecule has 2 N–H and O–H groups in total. The number of halogens is 2. The van der Waals surface area contributed by atoms with E-state index in [4.69, 9.17) is 9.84 Å². The van der Waals surface area contributed by atoms with E-state index < -0.39 is 17.4 Å². The lowest BCUT2D eigenvalue weighted by Crippen LogP contribution is -2.38. The van der Waals surface area contributed by atoms with Gasteiger partial charge in [0.2, 0.25) is 0 Å². The SMILES string of the molecule is CCCNC(CO)COc1c(F)cccc1F. The van der Waals surface area contributed by atoms with E-state index in [0.717, 1.165) is 18.6 Å². The summed E-state index contributed by atoms with van der Waals surface area (Å²) in [7, 11) is 0. The molecule has 0 bridgehead atoms. The first-order chi connectivity index (χ1) is 8.19. The highest BCUT2D eigenvalue weighted by Crippen LogP contribution is 2.20. The van der Waals surface area contributed by atoms with E-state index >= 15 is 0 Å². The van der Waals surface area contributed by atoms with Gasteiger partial charge >= 0.3 is 0 Å². The molecule has 1 atom stereocenters. The van der Waals surface area contributed by atoms with Gasteiger partial charge in [0.1, 0.15) is 6.61 Å². The van der Waals surface area contributed by atoms with Crippen LogP contribution in [0.1, 0.15) is 13.3 Å². The van der Waals surface area contributed by atoms with Gasteiger partial charge in [0.25, 0.3) is 0 Å². The normalized spacial score (nSPS) is 12.5. The standard InChI is InChI=1S/C12H17F2NO2/c1-2-6-15-9(7-16)8-17-12-10(13)4-3-5-11(12)14/h3-5,9,15-16H,2,6-8H2,1H3. The molecule has 0 fully saturated rings. The fourth-order valence-corrected chi connectivity index (χ4v) is 1.33. The van der Waals surface area contributed by atoms with Gasteiger partial charge in [0, 0.05) is 0 Å². The summed E-state index contributed by atoms with van der Waals surface area (Å²) in [5.41, 5.74) is 0. The van der Waals surface area contributed by atoms with Gasteiger partial charge in [-0.15, -0.1) is 0 Å². The molecule has 1 rings (SSSR count). The Morgan fingerprint density at radius 2 is 2.00 bits per heavy atom. The van der Waals surface area contributed by atoms with Crippen molar-refractivity contribution >= 4 is 0 Å². The minimum atomic E-state index is -0.739. The van der Waals surface area contributed by atoms with E-state index in [2.05, 4.69) is 5.32 Å². The molecule has 0 aliphatic heterocycles. The molecule has 0 spiro atoms. The van der Waals surface area contributed by atoms with Crippen LogP contribution in [0.15, 0.2) is 18.2 Å². The first-order valence-electron chi connectivity index (χ1n) is 5.60. The summed E-state index contributed by atoms with van der Waals surface area (Å²) < 4.78 is 31.5. The van der Waals surface area contributed by atoms with Crippen molar-refractivity contribution in [2.75, 3.05) is 19.8 Å². The van der Waals surface area contributed by atoms with Gasteiger partial charge in [-0.3, -0.25) is 0 Å². The summed E-state index contributed by atoms with van der Waals surface area (Å²) in [5, 5.41) is 12.0. The number of benzene rings is 1. The van der Waals surface area contributed by atoms with E-state index in [1.54, 1.807) is 0 Å². The minimum absolute atomic E-state index is 0.0222. The van der Waals surface area contributed by atoms with Crippen LogP contribution in [0.4, 0.5) is 8.78 Å². The average Bonchev–Trinajstić information content (AvgIpc) is 2.32. The van der Waals surface area contributed by atoms with E-state index in [1.807, 2.05) is 6.92 Å². The van der Waals surface area contributed by atoms with Crippen LogP contribution in [0, 0.1) is 11.6 Å². The molecule has 96 valence electrons. The summed E-state index contributed by atoms with van der Waals surface area (Å²) in [6, 6.07) is 3.21. The quantitative estimate of drug-likeness (QED) is 0.768. The number of ether oxygens (including phenoxy) is 1. The summed E-state index contributed by atoms with van der Waals surface area (Å²) in [4.78, 5) is 0. The third-order valence-corrected chi connectivity index (χ3v) is 2.25. The lowest BCUT2D eigenvalue weighted by molar-refractivity contribution is 0.176. The van der Waals surface area contributed by atoms with Crippen LogP contribution in [0.5, 0.6) is 5.75 Å². The topological polar surface area (TPSA) is 41.5 Å². The monoisotopic (exact) mass is 245 g/mol. The van der Waals surface area contributed by atoms with Crippen LogP contribution in [-0.2, 0) is 0 Å². The Kier molecular flexibility index (Phi) is 5.86. The van der Waals surface area contributed by atoms with Gasteiger partial charge in [0.05, 0.1) is 12.6 Å². The summed E-state index contributed by atoms with van der Waals surface area (Å²) in [6.07, 6.45) is 0.907. The number of rotatable bonds is 7. The van der Waals surface area contributed by atoms with Crippen LogP contribution in [-0.4, -0.2) is 30.9 Å². The molecule has 17 heavy (non-hydrogen) atoms. The highest BCUT2D eigenvalue weighted by atomic mass is 19.1. The van der Waals surface area contributed by atoms with E-state index in [0.29, 0.717) is 6.54 Å². The third kappa shape index (κ3) is 4.28. The molecule has 0 amide bonds. The van der Waals surface area contributed by atoms with Gasteiger partial charge in [-0.2, -0.15) is 0 Å². The molecule has 0 aromatic heterocycles. The van der Waals surface area contributed by atoms with Crippen molar-refractivity contribution in [1.29, 1.82) is 0 Å². The fraction of sp³-hybridized carbons (Fsp3) is 0.500. The second kappa shape index (κ2) is 7.19. The highest BCUT2D eigenvalue weighted by Gasteiger charge is 2.12. The fourth-order valence-electron chi connectivity index (χ4n) is 1.33. The van der Waals surface area contributed by atoms with Gasteiger partial charge in [-0.25, -0.2) is 8.78 Å². The minimum Gasteiger partial charge on any atom is -0.486 e. The van der Waals surface area contributed by atoms with Crippen molar-refractivity contribution in [3.05, 3.63) is 29.8 Å². The molecular formula is C12H17F2NO2. The largest absolute Gasteiger partial charge is 0.486 e. The van der Waals surface area contributed by atoms with Crippen LogP contribution < -0.4 is 10.1 Å². The lowest BCUT2D eigenvalue weighted by Gasteiger charge is -2.17. The van der Waals surface area contributed by atoms with Gasteiger partial charge in [-0.1, -0.05) is 13.0 Å². The van der Waals surface area contributed by atoms with Crippen molar-refractivity contribution in [2.45, 2.75) is 19.4 Å². The predicted molar refractivity (Wildman–Crippen MR) is 61.0 cm³/mol. The molecule has 5 heteroatoms. The first kappa shape index (κ1) is 13.9. The van der Waals surface area contributed by atoms with Crippen LogP contribution in [0.3, 0.4) is 0 Å². The van der Waals surface area contributed by atoms with Gasteiger partial charge in [0.15, 0.2) is 17.4 Å². The molecule has 1 aromatic rings. The van der Waals surface area contributed by atoms with E-state index in [-0.39, 0.29) is 19.3 Å². The lowest BCUT2D eigenvalue weighted by atomic mass is 10.3. The number of hydrogen-bond donors (Lipinski definition) is 2. The molecule has 1 aromatic carbocycles. The summed E-state index contributed by atoms with van der Waals surface area (Å²) >= 11 is 0. The highest BCUT2D eigenvalue weighted by molar-refractivity contribution is 5.26. The predicted octanol–water partition coefficient (Wildman–Crippen LogP) is 1.70. The molecule has 0 radical (unpaired) electrons. The number of aliphatic hydroxyl groups is 1. The Morgan fingerprint density at radius 3 is 2.53 bits per heavy atom. The molecule has 0 heterocycles. The molecule has 0 saturated heterocycles.